The van der Waals surface area contributed by atoms with Crippen molar-refractivity contribution in [2.75, 3.05) is 5.32 Å². The largest absolute Gasteiger partial charge is 0.441 e. The summed E-state index contributed by atoms with van der Waals surface area (Å²) in [6.07, 6.45) is 0. The molecule has 4 aromatic rings. The molecule has 32 heavy (non-hydrogen) atoms. The molecule has 1 heterocycles. The Labute approximate surface area is 190 Å². The molecule has 3 aromatic carbocycles. The van der Waals surface area contributed by atoms with Crippen molar-refractivity contribution in [1.29, 1.82) is 0 Å². The molecule has 6 heteroatoms. The van der Waals surface area contributed by atoms with Crippen LogP contribution in [-0.4, -0.2) is 10.9 Å². The first kappa shape index (κ1) is 21.8. The minimum absolute atomic E-state index is 0.259. The van der Waals surface area contributed by atoms with Gasteiger partial charge >= 0.3 is 0 Å². The number of amides is 1. The summed E-state index contributed by atoms with van der Waals surface area (Å²) in [6, 6.07) is 19.8. The van der Waals surface area contributed by atoms with Gasteiger partial charge in [0.05, 0.1) is 5.69 Å². The lowest BCUT2D eigenvalue weighted by atomic mass is 10.1. The van der Waals surface area contributed by atoms with Gasteiger partial charge in [-0.05, 0) is 80.9 Å². The molecule has 162 valence electrons. The van der Waals surface area contributed by atoms with E-state index in [9.17, 15) is 9.18 Å². The van der Waals surface area contributed by atoms with Crippen LogP contribution in [0.5, 0.6) is 0 Å². The highest BCUT2D eigenvalue weighted by atomic mass is 32.2. The maximum atomic E-state index is 13.3. The molecular weight excluding hydrogens is 423 g/mol. The van der Waals surface area contributed by atoms with E-state index < -0.39 is 0 Å². The van der Waals surface area contributed by atoms with Gasteiger partial charge < -0.3 is 9.73 Å². The smallest absolute Gasteiger partial charge is 0.255 e. The van der Waals surface area contributed by atoms with Crippen molar-refractivity contribution in [1.82, 2.24) is 4.98 Å². The van der Waals surface area contributed by atoms with E-state index in [2.05, 4.69) is 41.5 Å². The number of anilines is 1. The van der Waals surface area contributed by atoms with Crippen LogP contribution in [0, 0.1) is 26.6 Å². The zero-order chi connectivity index (χ0) is 22.7. The number of hydrogen-bond donors (Lipinski definition) is 1. The van der Waals surface area contributed by atoms with E-state index in [0.717, 1.165) is 22.8 Å². The number of nitrogens with one attached hydrogen (secondary N) is 1. The first-order chi connectivity index (χ1) is 15.4. The molecule has 4 nitrogen and oxygen atoms in total. The Bertz CT molecular complexity index is 1250. The maximum absolute atomic E-state index is 13.3. The third kappa shape index (κ3) is 5.08. The molecular formula is C26H23FN2O2S. The van der Waals surface area contributed by atoms with Gasteiger partial charge in [0.2, 0.25) is 5.89 Å². The molecule has 0 saturated heterocycles. The summed E-state index contributed by atoms with van der Waals surface area (Å²) in [4.78, 5) is 18.4. The fourth-order valence-corrected chi connectivity index (χ4v) is 4.10. The molecule has 0 aliphatic rings. The second-order valence-electron chi connectivity index (χ2n) is 7.61. The third-order valence-corrected chi connectivity index (χ3v) is 6.14. The van der Waals surface area contributed by atoms with Crippen LogP contribution < -0.4 is 5.32 Å². The van der Waals surface area contributed by atoms with Gasteiger partial charge in [0, 0.05) is 27.5 Å². The van der Waals surface area contributed by atoms with Crippen LogP contribution in [0.2, 0.25) is 0 Å². The number of hydrogen-bond acceptors (Lipinski definition) is 4. The maximum Gasteiger partial charge on any atom is 0.255 e. The minimum atomic E-state index is -0.331. The molecule has 1 aromatic heterocycles. The van der Waals surface area contributed by atoms with Crippen LogP contribution in [0.25, 0.3) is 11.5 Å². The monoisotopic (exact) mass is 446 g/mol. The van der Waals surface area contributed by atoms with E-state index in [-0.39, 0.29) is 11.7 Å². The molecule has 1 N–H and O–H groups in total. The summed E-state index contributed by atoms with van der Waals surface area (Å²) in [5.41, 5.74) is 4.68. The molecule has 0 aliphatic heterocycles. The summed E-state index contributed by atoms with van der Waals surface area (Å²) in [6.45, 7) is 5.73. The van der Waals surface area contributed by atoms with Crippen LogP contribution in [-0.2, 0) is 5.75 Å². The molecule has 0 spiro atoms. The van der Waals surface area contributed by atoms with Crippen LogP contribution in [0.4, 0.5) is 10.1 Å². The van der Waals surface area contributed by atoms with Gasteiger partial charge in [0.25, 0.3) is 5.91 Å². The van der Waals surface area contributed by atoms with Gasteiger partial charge in [-0.2, -0.15) is 0 Å². The van der Waals surface area contributed by atoms with E-state index >= 15 is 0 Å². The molecule has 0 bridgehead atoms. The van der Waals surface area contributed by atoms with Gasteiger partial charge in [-0.3, -0.25) is 4.79 Å². The van der Waals surface area contributed by atoms with E-state index in [1.807, 2.05) is 19.1 Å². The molecule has 0 fully saturated rings. The highest BCUT2D eigenvalue weighted by molar-refractivity contribution is 7.98. The first-order valence-electron chi connectivity index (χ1n) is 10.2. The Kier molecular flexibility index (Phi) is 6.42. The summed E-state index contributed by atoms with van der Waals surface area (Å²) >= 11 is 1.72. The Morgan fingerprint density at radius 3 is 2.41 bits per heavy atom. The SMILES string of the molecule is Cc1ccc(SCc2nc(-c3ccc(C(=O)Nc4ccc(F)cc4C)cc3)oc2C)cc1. The van der Waals surface area contributed by atoms with E-state index in [0.29, 0.717) is 22.7 Å². The second-order valence-corrected chi connectivity index (χ2v) is 8.66. The van der Waals surface area contributed by atoms with Crippen molar-refractivity contribution in [3.63, 3.8) is 0 Å². The Balaban J connectivity index is 1.44. The van der Waals surface area contributed by atoms with Crippen molar-refractivity contribution < 1.29 is 13.6 Å². The standard InChI is InChI=1S/C26H23FN2O2S/c1-16-4-11-22(12-5-16)32-15-24-18(3)31-26(29-24)20-8-6-19(7-9-20)25(30)28-23-13-10-21(27)14-17(23)2/h4-14H,15H2,1-3H3,(H,28,30). The Morgan fingerprint density at radius 1 is 1.00 bits per heavy atom. The molecule has 0 atom stereocenters. The quantitative estimate of drug-likeness (QED) is 0.326. The number of thioether (sulfide) groups is 1. The molecule has 0 aliphatic carbocycles. The fraction of sp³-hybridized carbons (Fsp3) is 0.154. The van der Waals surface area contributed by atoms with E-state index in [1.165, 1.54) is 22.6 Å². The zero-order valence-corrected chi connectivity index (χ0v) is 18.9. The number of rotatable bonds is 6. The summed E-state index contributed by atoms with van der Waals surface area (Å²) < 4.78 is 19.1. The average molecular weight is 447 g/mol. The topological polar surface area (TPSA) is 55.1 Å². The van der Waals surface area contributed by atoms with Crippen molar-refractivity contribution in [2.24, 2.45) is 0 Å². The second kappa shape index (κ2) is 9.40. The lowest BCUT2D eigenvalue weighted by Gasteiger charge is -2.08. The number of nitrogens with zero attached hydrogens (tertiary/aromatic N) is 1. The summed E-state index contributed by atoms with van der Waals surface area (Å²) in [7, 11) is 0. The molecule has 4 rings (SSSR count). The Morgan fingerprint density at radius 2 is 1.72 bits per heavy atom. The van der Waals surface area contributed by atoms with Crippen molar-refractivity contribution in [3.8, 4) is 11.5 Å². The van der Waals surface area contributed by atoms with Crippen molar-refractivity contribution in [3.05, 3.63) is 101 Å². The number of oxazole rings is 1. The molecule has 0 unspecified atom stereocenters. The predicted octanol–water partition coefficient (Wildman–Crippen LogP) is 6.95. The van der Waals surface area contributed by atoms with Crippen LogP contribution in [0.3, 0.4) is 0 Å². The number of benzene rings is 3. The number of halogens is 1. The van der Waals surface area contributed by atoms with Crippen LogP contribution in [0.15, 0.2) is 76.0 Å². The van der Waals surface area contributed by atoms with Gasteiger partial charge in [-0.25, -0.2) is 9.37 Å². The highest BCUT2D eigenvalue weighted by Crippen LogP contribution is 2.28. The van der Waals surface area contributed by atoms with Crippen LogP contribution >= 0.6 is 11.8 Å². The summed E-state index contributed by atoms with van der Waals surface area (Å²) in [5, 5.41) is 2.81. The summed E-state index contributed by atoms with van der Waals surface area (Å²) in [5.74, 6) is 1.44. The lowest BCUT2D eigenvalue weighted by Crippen LogP contribution is -2.12. The minimum Gasteiger partial charge on any atom is -0.441 e. The fourth-order valence-electron chi connectivity index (χ4n) is 3.20. The Hall–Kier alpha value is -3.38. The number of carbonyl (C=O) groups excluding carboxylic acids is 1. The zero-order valence-electron chi connectivity index (χ0n) is 18.1. The number of aromatic nitrogens is 1. The van der Waals surface area contributed by atoms with Gasteiger partial charge in [0.15, 0.2) is 0 Å². The molecule has 0 saturated carbocycles. The van der Waals surface area contributed by atoms with E-state index in [1.54, 1.807) is 36.9 Å². The normalized spacial score (nSPS) is 10.9. The average Bonchev–Trinajstić information content (AvgIpc) is 3.16. The predicted molar refractivity (Wildman–Crippen MR) is 127 cm³/mol. The van der Waals surface area contributed by atoms with Gasteiger partial charge in [0.1, 0.15) is 11.6 Å². The number of carbonyl (C=O) groups is 1. The first-order valence-corrected chi connectivity index (χ1v) is 11.2. The number of aryl methyl sites for hydroxylation is 3. The third-order valence-electron chi connectivity index (χ3n) is 5.12. The van der Waals surface area contributed by atoms with Gasteiger partial charge in [-0.1, -0.05) is 17.7 Å². The molecule has 1 amide bonds. The van der Waals surface area contributed by atoms with Crippen LogP contribution in [0.1, 0.15) is 32.9 Å². The lowest BCUT2D eigenvalue weighted by molar-refractivity contribution is 0.102. The molecule has 0 radical (unpaired) electrons. The van der Waals surface area contributed by atoms with Crippen molar-refractivity contribution in [2.45, 2.75) is 31.4 Å². The van der Waals surface area contributed by atoms with Crippen molar-refractivity contribution >= 4 is 23.4 Å². The highest BCUT2D eigenvalue weighted by Gasteiger charge is 2.14. The van der Waals surface area contributed by atoms with Gasteiger partial charge in [-0.15, -0.1) is 11.8 Å². The van der Waals surface area contributed by atoms with E-state index in [4.69, 9.17) is 4.42 Å².